The van der Waals surface area contributed by atoms with Crippen molar-refractivity contribution in [2.75, 3.05) is 25.0 Å². The molecule has 0 bridgehead atoms. The van der Waals surface area contributed by atoms with Crippen LogP contribution in [0.4, 0.5) is 11.6 Å². The molecule has 1 aliphatic rings. The Morgan fingerprint density at radius 3 is 3.05 bits per heavy atom. The van der Waals surface area contributed by atoms with E-state index in [0.717, 1.165) is 37.4 Å². The summed E-state index contributed by atoms with van der Waals surface area (Å²) < 4.78 is 0. The molecule has 20 heavy (non-hydrogen) atoms. The predicted molar refractivity (Wildman–Crippen MR) is 77.0 cm³/mol. The number of rotatable bonds is 3. The van der Waals surface area contributed by atoms with E-state index in [0.29, 0.717) is 11.6 Å². The van der Waals surface area contributed by atoms with Crippen molar-refractivity contribution in [3.05, 3.63) is 28.3 Å². The summed E-state index contributed by atoms with van der Waals surface area (Å²) in [5, 5.41) is 14.2. The van der Waals surface area contributed by atoms with E-state index in [4.69, 9.17) is 0 Å². The van der Waals surface area contributed by atoms with Crippen LogP contribution in [0.15, 0.2) is 18.2 Å². The number of aromatic nitrogens is 2. The maximum atomic E-state index is 10.8. The lowest BCUT2D eigenvalue weighted by Crippen LogP contribution is -2.44. The van der Waals surface area contributed by atoms with Crippen LogP contribution in [0.1, 0.15) is 12.8 Å². The standard InChI is InChI=1S/C13H17N5O2/c1-17(10-3-2-6-14-8-10)13-15-11-5-4-9(18(19)20)7-12(11)16-13/h4-5,7,10,14H,2-3,6,8H2,1H3,(H,15,16). The van der Waals surface area contributed by atoms with Gasteiger partial charge in [0.25, 0.3) is 5.69 Å². The van der Waals surface area contributed by atoms with Gasteiger partial charge >= 0.3 is 0 Å². The molecular formula is C13H17N5O2. The maximum Gasteiger partial charge on any atom is 0.271 e. The summed E-state index contributed by atoms with van der Waals surface area (Å²) in [6.07, 6.45) is 2.28. The van der Waals surface area contributed by atoms with Crippen molar-refractivity contribution in [1.82, 2.24) is 15.3 Å². The summed E-state index contributed by atoms with van der Waals surface area (Å²) in [6.45, 7) is 2.00. The molecular weight excluding hydrogens is 258 g/mol. The summed E-state index contributed by atoms with van der Waals surface area (Å²) in [7, 11) is 2.00. The van der Waals surface area contributed by atoms with Crippen molar-refractivity contribution in [2.45, 2.75) is 18.9 Å². The highest BCUT2D eigenvalue weighted by molar-refractivity contribution is 5.80. The monoisotopic (exact) mass is 275 g/mol. The first-order valence-electron chi connectivity index (χ1n) is 6.73. The van der Waals surface area contributed by atoms with Crippen LogP contribution in [0.5, 0.6) is 0 Å². The molecule has 1 aromatic carbocycles. The molecule has 0 amide bonds. The largest absolute Gasteiger partial charge is 0.341 e. The zero-order chi connectivity index (χ0) is 14.1. The Morgan fingerprint density at radius 1 is 1.50 bits per heavy atom. The first kappa shape index (κ1) is 12.9. The van der Waals surface area contributed by atoms with Crippen molar-refractivity contribution in [3.63, 3.8) is 0 Å². The minimum atomic E-state index is -0.394. The van der Waals surface area contributed by atoms with Crippen molar-refractivity contribution in [1.29, 1.82) is 0 Å². The Bertz CT molecular complexity index is 633. The van der Waals surface area contributed by atoms with Crippen LogP contribution in [0.2, 0.25) is 0 Å². The maximum absolute atomic E-state index is 10.8. The molecule has 0 radical (unpaired) electrons. The fourth-order valence-corrected chi connectivity index (χ4v) is 2.60. The number of non-ortho nitro benzene ring substituents is 1. The minimum absolute atomic E-state index is 0.0784. The number of imidazole rings is 1. The molecule has 1 atom stereocenters. The van der Waals surface area contributed by atoms with Crippen molar-refractivity contribution < 1.29 is 4.92 Å². The van der Waals surface area contributed by atoms with E-state index in [-0.39, 0.29) is 5.69 Å². The van der Waals surface area contributed by atoms with Crippen molar-refractivity contribution in [3.8, 4) is 0 Å². The quantitative estimate of drug-likeness (QED) is 0.657. The number of piperidine rings is 1. The third kappa shape index (κ3) is 2.32. The number of nitrogens with one attached hydrogen (secondary N) is 2. The van der Waals surface area contributed by atoms with Crippen LogP contribution in [-0.2, 0) is 0 Å². The molecule has 106 valence electrons. The van der Waals surface area contributed by atoms with Gasteiger partial charge in [-0.15, -0.1) is 0 Å². The molecule has 2 aromatic rings. The van der Waals surface area contributed by atoms with Crippen molar-refractivity contribution in [2.24, 2.45) is 0 Å². The molecule has 3 rings (SSSR count). The van der Waals surface area contributed by atoms with Gasteiger partial charge in [-0.05, 0) is 25.5 Å². The number of nitro groups is 1. The molecule has 7 heteroatoms. The SMILES string of the molecule is CN(c1nc2ccc([N+](=O)[O-])cc2[nH]1)C1CCCNC1. The molecule has 1 aromatic heterocycles. The van der Waals surface area contributed by atoms with Gasteiger partial charge in [-0.3, -0.25) is 10.1 Å². The number of anilines is 1. The normalized spacial score (nSPS) is 19.1. The first-order valence-corrected chi connectivity index (χ1v) is 6.73. The Kier molecular flexibility index (Phi) is 3.27. The summed E-state index contributed by atoms with van der Waals surface area (Å²) in [4.78, 5) is 20.2. The lowest BCUT2D eigenvalue weighted by atomic mass is 10.1. The second-order valence-corrected chi connectivity index (χ2v) is 5.13. The summed E-state index contributed by atoms with van der Waals surface area (Å²) >= 11 is 0. The summed E-state index contributed by atoms with van der Waals surface area (Å²) in [5.74, 6) is 0.759. The van der Waals surface area contributed by atoms with Gasteiger partial charge in [-0.1, -0.05) is 0 Å². The predicted octanol–water partition coefficient (Wildman–Crippen LogP) is 1.66. The number of hydrogen-bond donors (Lipinski definition) is 2. The summed E-state index contributed by atoms with van der Waals surface area (Å²) in [6, 6.07) is 5.09. The first-order chi connectivity index (χ1) is 9.65. The number of likely N-dealkylation sites (N-methyl/N-ethyl adjacent to an activating group) is 1. The van der Waals surface area contributed by atoms with Gasteiger partial charge in [0.1, 0.15) is 0 Å². The van der Waals surface area contributed by atoms with Crippen LogP contribution < -0.4 is 10.2 Å². The molecule has 0 aliphatic carbocycles. The highest BCUT2D eigenvalue weighted by atomic mass is 16.6. The zero-order valence-corrected chi connectivity index (χ0v) is 11.3. The third-order valence-corrected chi connectivity index (χ3v) is 3.82. The third-order valence-electron chi connectivity index (χ3n) is 3.82. The fourth-order valence-electron chi connectivity index (χ4n) is 2.60. The van der Waals surface area contributed by atoms with Gasteiger partial charge in [-0.2, -0.15) is 0 Å². The van der Waals surface area contributed by atoms with Crippen LogP contribution in [0.3, 0.4) is 0 Å². The number of nitrogens with zero attached hydrogens (tertiary/aromatic N) is 3. The fraction of sp³-hybridized carbons (Fsp3) is 0.462. The second-order valence-electron chi connectivity index (χ2n) is 5.13. The van der Waals surface area contributed by atoms with E-state index in [1.165, 1.54) is 12.1 Å². The number of benzene rings is 1. The van der Waals surface area contributed by atoms with E-state index in [2.05, 4.69) is 20.2 Å². The molecule has 2 N–H and O–H groups in total. The topological polar surface area (TPSA) is 87.1 Å². The van der Waals surface area contributed by atoms with Gasteiger partial charge in [0.15, 0.2) is 0 Å². The van der Waals surface area contributed by atoms with E-state index in [1.807, 2.05) is 7.05 Å². The Morgan fingerprint density at radius 2 is 2.35 bits per heavy atom. The smallest absolute Gasteiger partial charge is 0.271 e. The molecule has 0 saturated carbocycles. The number of fused-ring (bicyclic) bond motifs is 1. The zero-order valence-electron chi connectivity index (χ0n) is 11.3. The lowest BCUT2D eigenvalue weighted by molar-refractivity contribution is -0.384. The molecule has 2 heterocycles. The molecule has 1 fully saturated rings. The Labute approximate surface area is 116 Å². The van der Waals surface area contributed by atoms with E-state index in [1.54, 1.807) is 6.07 Å². The molecule has 0 spiro atoms. The number of nitro benzene ring substituents is 1. The van der Waals surface area contributed by atoms with E-state index in [9.17, 15) is 10.1 Å². The van der Waals surface area contributed by atoms with Crippen LogP contribution in [0, 0.1) is 10.1 Å². The van der Waals surface area contributed by atoms with E-state index >= 15 is 0 Å². The summed E-state index contributed by atoms with van der Waals surface area (Å²) in [5.41, 5.74) is 1.53. The molecule has 7 nitrogen and oxygen atoms in total. The number of hydrogen-bond acceptors (Lipinski definition) is 5. The van der Waals surface area contributed by atoms with Gasteiger partial charge in [0, 0.05) is 31.8 Å². The van der Waals surface area contributed by atoms with Crippen molar-refractivity contribution >= 4 is 22.7 Å². The minimum Gasteiger partial charge on any atom is -0.341 e. The average Bonchev–Trinajstić information content (AvgIpc) is 2.90. The van der Waals surface area contributed by atoms with Gasteiger partial charge in [-0.25, -0.2) is 4.98 Å². The van der Waals surface area contributed by atoms with Gasteiger partial charge in [0.2, 0.25) is 5.95 Å². The highest BCUT2D eigenvalue weighted by Gasteiger charge is 2.20. The van der Waals surface area contributed by atoms with Crippen LogP contribution in [0.25, 0.3) is 11.0 Å². The van der Waals surface area contributed by atoms with E-state index < -0.39 is 4.92 Å². The highest BCUT2D eigenvalue weighted by Crippen LogP contribution is 2.23. The van der Waals surface area contributed by atoms with Gasteiger partial charge in [0.05, 0.1) is 16.0 Å². The number of aromatic amines is 1. The van der Waals surface area contributed by atoms with Crippen LogP contribution >= 0.6 is 0 Å². The lowest BCUT2D eigenvalue weighted by Gasteiger charge is -2.31. The number of H-pyrrole nitrogens is 1. The molecule has 1 aliphatic heterocycles. The van der Waals surface area contributed by atoms with Gasteiger partial charge < -0.3 is 15.2 Å². The Balaban J connectivity index is 1.89. The molecule has 1 saturated heterocycles. The Hall–Kier alpha value is -2.15. The average molecular weight is 275 g/mol. The second kappa shape index (κ2) is 5.09. The molecule has 1 unspecified atom stereocenters. The van der Waals surface area contributed by atoms with Crippen LogP contribution in [-0.4, -0.2) is 41.1 Å².